The molecule has 0 radical (unpaired) electrons. The van der Waals surface area contributed by atoms with E-state index < -0.39 is 17.5 Å². The van der Waals surface area contributed by atoms with Crippen LogP contribution in [0, 0.1) is 0 Å². The zero-order valence-electron chi connectivity index (χ0n) is 10.5. The number of nitrogens with one attached hydrogen (secondary N) is 2. The number of carbonyl (C=O) groups excluding carboxylic acids is 2. The molecule has 3 amide bonds. The number of carboxylic acid groups (broad SMARTS) is 1. The van der Waals surface area contributed by atoms with E-state index in [9.17, 15) is 14.4 Å². The normalized spacial score (nSPS) is 10.6. The monoisotopic (exact) mass is 245 g/mol. The third-order valence-corrected chi connectivity index (χ3v) is 2.44. The summed E-state index contributed by atoms with van der Waals surface area (Å²) in [6.45, 7) is 4.87. The number of urea groups is 1. The Morgan fingerprint density at radius 1 is 1.24 bits per heavy atom. The number of hydrogen-bond donors (Lipinski definition) is 3. The van der Waals surface area contributed by atoms with Gasteiger partial charge in [-0.1, -0.05) is 0 Å². The summed E-state index contributed by atoms with van der Waals surface area (Å²) in [7, 11) is 1.36. The van der Waals surface area contributed by atoms with Gasteiger partial charge in [0.25, 0.3) is 0 Å². The first kappa shape index (κ1) is 15.2. The number of nitrogens with zero attached hydrogens (tertiary/aromatic N) is 1. The van der Waals surface area contributed by atoms with Gasteiger partial charge in [-0.25, -0.2) is 9.59 Å². The van der Waals surface area contributed by atoms with E-state index in [0.29, 0.717) is 6.54 Å². The average molecular weight is 245 g/mol. The largest absolute Gasteiger partial charge is 0.480 e. The van der Waals surface area contributed by atoms with Crippen molar-refractivity contribution in [2.45, 2.75) is 26.3 Å². The Labute approximate surface area is 100 Å². The maximum atomic E-state index is 11.6. The quantitative estimate of drug-likeness (QED) is 0.615. The van der Waals surface area contributed by atoms with Crippen LogP contribution in [0.15, 0.2) is 0 Å². The number of aliphatic carboxylic acids is 1. The molecule has 0 fully saturated rings. The molecule has 98 valence electrons. The SMILES string of the molecule is CCNC(=O)CNC(=O)N(C)C(C)(C)C(=O)O. The van der Waals surface area contributed by atoms with Crippen LogP contribution in [0.3, 0.4) is 0 Å². The number of likely N-dealkylation sites (N-methyl/N-ethyl adjacent to an activating group) is 2. The molecule has 7 heteroatoms. The molecule has 0 saturated heterocycles. The third kappa shape index (κ3) is 4.29. The zero-order valence-corrected chi connectivity index (χ0v) is 10.5. The molecular formula is C10H19N3O4. The lowest BCUT2D eigenvalue weighted by Gasteiger charge is -2.31. The van der Waals surface area contributed by atoms with Crippen LogP contribution >= 0.6 is 0 Å². The van der Waals surface area contributed by atoms with Crippen molar-refractivity contribution < 1.29 is 19.5 Å². The highest BCUT2D eigenvalue weighted by atomic mass is 16.4. The van der Waals surface area contributed by atoms with Crippen LogP contribution in [-0.4, -0.2) is 53.6 Å². The Morgan fingerprint density at radius 2 is 1.76 bits per heavy atom. The Hall–Kier alpha value is -1.79. The number of carboxylic acids is 1. The fraction of sp³-hybridized carbons (Fsp3) is 0.700. The van der Waals surface area contributed by atoms with Gasteiger partial charge < -0.3 is 20.6 Å². The van der Waals surface area contributed by atoms with E-state index >= 15 is 0 Å². The molecule has 0 aromatic rings. The summed E-state index contributed by atoms with van der Waals surface area (Å²) in [5.41, 5.74) is -1.33. The van der Waals surface area contributed by atoms with Gasteiger partial charge in [-0.05, 0) is 20.8 Å². The van der Waals surface area contributed by atoms with E-state index in [-0.39, 0.29) is 12.5 Å². The molecule has 0 atom stereocenters. The first-order valence-electron chi connectivity index (χ1n) is 5.25. The van der Waals surface area contributed by atoms with Crippen molar-refractivity contribution in [2.24, 2.45) is 0 Å². The number of amides is 3. The lowest BCUT2D eigenvalue weighted by atomic mass is 10.1. The lowest BCUT2D eigenvalue weighted by molar-refractivity contribution is -0.146. The van der Waals surface area contributed by atoms with Gasteiger partial charge in [0.05, 0.1) is 6.54 Å². The molecule has 0 aromatic carbocycles. The van der Waals surface area contributed by atoms with Gasteiger partial charge in [0, 0.05) is 13.6 Å². The van der Waals surface area contributed by atoms with Crippen LogP contribution in [0.2, 0.25) is 0 Å². The lowest BCUT2D eigenvalue weighted by Crippen LogP contribution is -2.55. The second-order valence-corrected chi connectivity index (χ2v) is 4.04. The molecule has 0 aliphatic heterocycles. The Balaban J connectivity index is 4.33. The van der Waals surface area contributed by atoms with Crippen molar-refractivity contribution in [1.29, 1.82) is 0 Å². The molecule has 3 N–H and O–H groups in total. The molecule has 7 nitrogen and oxygen atoms in total. The Bertz CT molecular complexity index is 315. The molecule has 0 aromatic heterocycles. The van der Waals surface area contributed by atoms with Crippen LogP contribution in [0.5, 0.6) is 0 Å². The van der Waals surface area contributed by atoms with Crippen molar-refractivity contribution in [3.8, 4) is 0 Å². The summed E-state index contributed by atoms with van der Waals surface area (Å²) in [5, 5.41) is 13.8. The van der Waals surface area contributed by atoms with Crippen molar-refractivity contribution >= 4 is 17.9 Å². The molecule has 17 heavy (non-hydrogen) atoms. The Morgan fingerprint density at radius 3 is 2.18 bits per heavy atom. The molecule has 0 saturated carbocycles. The summed E-state index contributed by atoms with van der Waals surface area (Å²) in [6.07, 6.45) is 0. The minimum Gasteiger partial charge on any atom is -0.480 e. The third-order valence-electron chi connectivity index (χ3n) is 2.44. The van der Waals surface area contributed by atoms with Crippen LogP contribution < -0.4 is 10.6 Å². The van der Waals surface area contributed by atoms with Gasteiger partial charge in [-0.3, -0.25) is 4.79 Å². The summed E-state index contributed by atoms with van der Waals surface area (Å²) < 4.78 is 0. The highest BCUT2D eigenvalue weighted by molar-refractivity contribution is 5.88. The topological polar surface area (TPSA) is 98.7 Å². The van der Waals surface area contributed by atoms with Crippen LogP contribution in [0.25, 0.3) is 0 Å². The van der Waals surface area contributed by atoms with E-state index in [1.807, 2.05) is 0 Å². The average Bonchev–Trinajstić information content (AvgIpc) is 2.24. The van der Waals surface area contributed by atoms with Crippen molar-refractivity contribution in [3.63, 3.8) is 0 Å². The first-order valence-corrected chi connectivity index (χ1v) is 5.25. The van der Waals surface area contributed by atoms with Crippen LogP contribution in [0.1, 0.15) is 20.8 Å². The molecule has 0 unspecified atom stereocenters. The van der Waals surface area contributed by atoms with E-state index in [2.05, 4.69) is 10.6 Å². The van der Waals surface area contributed by atoms with Crippen LogP contribution in [-0.2, 0) is 9.59 Å². The van der Waals surface area contributed by atoms with Gasteiger partial charge in [-0.15, -0.1) is 0 Å². The maximum Gasteiger partial charge on any atom is 0.329 e. The van der Waals surface area contributed by atoms with E-state index in [1.54, 1.807) is 6.92 Å². The molecule has 0 aliphatic rings. The summed E-state index contributed by atoms with van der Waals surface area (Å²) in [4.78, 5) is 34.6. The smallest absolute Gasteiger partial charge is 0.329 e. The predicted octanol–water partition coefficient (Wildman–Crippen LogP) is -0.373. The van der Waals surface area contributed by atoms with E-state index in [1.165, 1.54) is 20.9 Å². The fourth-order valence-corrected chi connectivity index (χ4v) is 0.931. The highest BCUT2D eigenvalue weighted by Crippen LogP contribution is 2.11. The fourth-order valence-electron chi connectivity index (χ4n) is 0.931. The molecular weight excluding hydrogens is 226 g/mol. The summed E-state index contributed by atoms with van der Waals surface area (Å²) in [5.74, 6) is -1.43. The summed E-state index contributed by atoms with van der Waals surface area (Å²) in [6, 6.07) is -0.608. The van der Waals surface area contributed by atoms with Gasteiger partial charge in [-0.2, -0.15) is 0 Å². The second-order valence-electron chi connectivity index (χ2n) is 4.04. The van der Waals surface area contributed by atoms with Gasteiger partial charge in [0.15, 0.2) is 0 Å². The first-order chi connectivity index (χ1) is 7.73. The van der Waals surface area contributed by atoms with E-state index in [4.69, 9.17) is 5.11 Å². The number of hydrogen-bond acceptors (Lipinski definition) is 3. The second kappa shape index (κ2) is 6.07. The standard InChI is InChI=1S/C10H19N3O4/c1-5-11-7(14)6-12-9(17)13(4)10(2,3)8(15)16/h5-6H2,1-4H3,(H,11,14)(H,12,17)(H,15,16). The predicted molar refractivity (Wildman–Crippen MR) is 61.6 cm³/mol. The van der Waals surface area contributed by atoms with Crippen molar-refractivity contribution in [2.75, 3.05) is 20.1 Å². The maximum absolute atomic E-state index is 11.6. The molecule has 0 aliphatic carbocycles. The molecule has 0 heterocycles. The molecule has 0 rings (SSSR count). The molecule has 0 spiro atoms. The zero-order chi connectivity index (χ0) is 13.6. The van der Waals surface area contributed by atoms with Gasteiger partial charge in [0.1, 0.15) is 5.54 Å². The Kier molecular flexibility index (Phi) is 5.43. The van der Waals surface area contributed by atoms with E-state index in [0.717, 1.165) is 4.90 Å². The van der Waals surface area contributed by atoms with Crippen LogP contribution in [0.4, 0.5) is 4.79 Å². The number of rotatable bonds is 5. The van der Waals surface area contributed by atoms with Crippen molar-refractivity contribution in [1.82, 2.24) is 15.5 Å². The minimum absolute atomic E-state index is 0.174. The minimum atomic E-state index is -1.33. The number of carbonyl (C=O) groups is 3. The summed E-state index contributed by atoms with van der Waals surface area (Å²) >= 11 is 0. The van der Waals surface area contributed by atoms with Gasteiger partial charge >= 0.3 is 12.0 Å². The highest BCUT2D eigenvalue weighted by Gasteiger charge is 2.35. The molecule has 0 bridgehead atoms. The van der Waals surface area contributed by atoms with Crippen molar-refractivity contribution in [3.05, 3.63) is 0 Å². The van der Waals surface area contributed by atoms with Gasteiger partial charge in [0.2, 0.25) is 5.91 Å².